The molecule has 2 aromatic carbocycles. The summed E-state index contributed by atoms with van der Waals surface area (Å²) in [4.78, 5) is 33.4. The van der Waals surface area contributed by atoms with Crippen LogP contribution in [0.5, 0.6) is 0 Å². The Morgan fingerprint density at radius 1 is 1.09 bits per heavy atom. The van der Waals surface area contributed by atoms with Crippen LogP contribution < -0.4 is 4.90 Å². The molecule has 10 heteroatoms. The first kappa shape index (κ1) is 23.1. The molecule has 1 amide bonds. The number of piperazine rings is 1. The average Bonchev–Trinajstić information content (AvgIpc) is 3.27. The first-order valence-corrected chi connectivity index (χ1v) is 11.9. The van der Waals surface area contributed by atoms with Crippen LogP contribution in [0, 0.1) is 5.82 Å². The molecule has 0 spiro atoms. The van der Waals surface area contributed by atoms with Gasteiger partial charge in [-0.3, -0.25) is 9.36 Å². The number of thioether (sulfide) groups is 1. The van der Waals surface area contributed by atoms with Crippen LogP contribution in [0.4, 0.5) is 10.1 Å². The number of amides is 1. The van der Waals surface area contributed by atoms with Crippen molar-refractivity contribution in [3.05, 3.63) is 71.3 Å². The summed E-state index contributed by atoms with van der Waals surface area (Å²) in [5.74, 6) is -1.31. The zero-order chi connectivity index (χ0) is 23.4. The topological polar surface area (TPSA) is 67.7 Å². The van der Waals surface area contributed by atoms with Gasteiger partial charge in [0.2, 0.25) is 0 Å². The van der Waals surface area contributed by atoms with Crippen LogP contribution in [-0.2, 0) is 9.53 Å². The van der Waals surface area contributed by atoms with E-state index in [9.17, 15) is 14.0 Å². The summed E-state index contributed by atoms with van der Waals surface area (Å²) in [7, 11) is 0. The normalized spacial score (nSPS) is 13.8. The predicted octanol–water partition coefficient (Wildman–Crippen LogP) is 3.89. The molecule has 0 N–H and O–H groups in total. The van der Waals surface area contributed by atoms with E-state index in [1.165, 1.54) is 30.1 Å². The van der Waals surface area contributed by atoms with E-state index in [-0.39, 0.29) is 24.0 Å². The molecule has 1 saturated heterocycles. The fourth-order valence-electron chi connectivity index (χ4n) is 3.64. The number of benzene rings is 2. The van der Waals surface area contributed by atoms with Gasteiger partial charge in [0.15, 0.2) is 17.5 Å². The smallest absolute Gasteiger partial charge is 0.357 e. The fraction of sp³-hybridized carbons (Fsp3) is 0.261. The number of halogens is 2. The van der Waals surface area contributed by atoms with E-state index in [1.807, 2.05) is 30.5 Å². The summed E-state index contributed by atoms with van der Waals surface area (Å²) in [5.41, 5.74) is 1.76. The van der Waals surface area contributed by atoms with Crippen molar-refractivity contribution in [3.8, 4) is 5.69 Å². The maximum Gasteiger partial charge on any atom is 0.357 e. The third kappa shape index (κ3) is 5.31. The molecular formula is C23H22ClFN4O3S. The van der Waals surface area contributed by atoms with Crippen molar-refractivity contribution in [1.29, 1.82) is 0 Å². The molecule has 1 aliphatic rings. The maximum atomic E-state index is 13.3. The highest BCUT2D eigenvalue weighted by molar-refractivity contribution is 7.98. The lowest BCUT2D eigenvalue weighted by molar-refractivity contribution is -0.134. The molecule has 1 fully saturated rings. The molecule has 0 atom stereocenters. The van der Waals surface area contributed by atoms with Crippen LogP contribution in [-0.4, -0.2) is 65.4 Å². The molecule has 1 aliphatic heterocycles. The number of esters is 1. The number of ether oxygens (including phenoxy) is 1. The van der Waals surface area contributed by atoms with Gasteiger partial charge < -0.3 is 14.5 Å². The number of anilines is 1. The summed E-state index contributed by atoms with van der Waals surface area (Å²) in [5, 5.41) is 1.22. The van der Waals surface area contributed by atoms with Crippen molar-refractivity contribution in [2.45, 2.75) is 5.16 Å². The zero-order valence-corrected chi connectivity index (χ0v) is 19.5. The molecule has 33 heavy (non-hydrogen) atoms. The minimum Gasteiger partial charge on any atom is -0.451 e. The second kappa shape index (κ2) is 10.3. The predicted molar refractivity (Wildman–Crippen MR) is 126 cm³/mol. The van der Waals surface area contributed by atoms with Gasteiger partial charge in [-0.05, 0) is 48.7 Å². The van der Waals surface area contributed by atoms with Gasteiger partial charge in [-0.15, -0.1) is 0 Å². The van der Waals surface area contributed by atoms with Crippen LogP contribution >= 0.6 is 23.4 Å². The van der Waals surface area contributed by atoms with Gasteiger partial charge in [-0.1, -0.05) is 29.4 Å². The molecule has 2 heterocycles. The van der Waals surface area contributed by atoms with Crippen LogP contribution in [0.25, 0.3) is 5.69 Å². The summed E-state index contributed by atoms with van der Waals surface area (Å²) in [6.07, 6.45) is 3.22. The van der Waals surface area contributed by atoms with Gasteiger partial charge >= 0.3 is 5.97 Å². The summed E-state index contributed by atoms with van der Waals surface area (Å²) in [6.45, 7) is 2.00. The quantitative estimate of drug-likeness (QED) is 0.387. The van der Waals surface area contributed by atoms with Crippen molar-refractivity contribution < 1.29 is 18.7 Å². The third-order valence-corrected chi connectivity index (χ3v) is 6.23. The number of hydrogen-bond donors (Lipinski definition) is 0. The fourth-order valence-corrected chi connectivity index (χ4v) is 4.37. The first-order chi connectivity index (χ1) is 16.0. The number of hydrogen-bond acceptors (Lipinski definition) is 6. The van der Waals surface area contributed by atoms with E-state index >= 15 is 0 Å². The molecule has 0 aliphatic carbocycles. The number of aromatic nitrogens is 2. The monoisotopic (exact) mass is 488 g/mol. The van der Waals surface area contributed by atoms with Crippen LogP contribution in [0.2, 0.25) is 5.02 Å². The molecule has 172 valence electrons. The third-order valence-electron chi connectivity index (χ3n) is 5.34. The molecule has 1 aromatic heterocycles. The van der Waals surface area contributed by atoms with Gasteiger partial charge in [0.05, 0.1) is 6.20 Å². The molecule has 3 aromatic rings. The van der Waals surface area contributed by atoms with Gasteiger partial charge in [0.1, 0.15) is 5.82 Å². The number of rotatable bonds is 6. The Morgan fingerprint density at radius 3 is 2.48 bits per heavy atom. The molecule has 0 unspecified atom stereocenters. The van der Waals surface area contributed by atoms with Gasteiger partial charge in [0, 0.05) is 42.6 Å². The number of imidazole rings is 1. The largest absolute Gasteiger partial charge is 0.451 e. The number of carbonyl (C=O) groups excluding carboxylic acids is 2. The van der Waals surface area contributed by atoms with Crippen molar-refractivity contribution in [2.75, 3.05) is 43.9 Å². The Balaban J connectivity index is 1.36. The lowest BCUT2D eigenvalue weighted by Gasteiger charge is -2.36. The van der Waals surface area contributed by atoms with Gasteiger partial charge in [0.25, 0.3) is 5.91 Å². The molecule has 7 nitrogen and oxygen atoms in total. The highest BCUT2D eigenvalue weighted by atomic mass is 35.5. The molecule has 0 saturated carbocycles. The van der Waals surface area contributed by atoms with E-state index in [0.29, 0.717) is 42.0 Å². The first-order valence-electron chi connectivity index (χ1n) is 10.3. The Morgan fingerprint density at radius 2 is 1.82 bits per heavy atom. The Bertz CT molecular complexity index is 1150. The minimum atomic E-state index is -0.668. The Labute approximate surface area is 200 Å². The lowest BCUT2D eigenvalue weighted by Crippen LogP contribution is -2.49. The van der Waals surface area contributed by atoms with E-state index in [2.05, 4.69) is 9.88 Å². The molecule has 0 bridgehead atoms. The highest BCUT2D eigenvalue weighted by Crippen LogP contribution is 2.23. The Kier molecular flexibility index (Phi) is 7.20. The summed E-state index contributed by atoms with van der Waals surface area (Å²) < 4.78 is 20.2. The van der Waals surface area contributed by atoms with Crippen LogP contribution in [0.1, 0.15) is 10.5 Å². The van der Waals surface area contributed by atoms with E-state index in [4.69, 9.17) is 16.3 Å². The number of carbonyl (C=O) groups is 2. The van der Waals surface area contributed by atoms with E-state index in [1.54, 1.807) is 21.6 Å². The van der Waals surface area contributed by atoms with Crippen LogP contribution in [0.3, 0.4) is 0 Å². The highest BCUT2D eigenvalue weighted by Gasteiger charge is 2.24. The standard InChI is InChI=1S/C23H22ClFN4O3S/c1-33-23-26-14-20(29(23)18-7-5-17(25)6-8-18)22(31)32-15-21(30)28-11-9-27(10-12-28)19-4-2-3-16(24)13-19/h2-8,13-14H,9-12,15H2,1H3. The lowest BCUT2D eigenvalue weighted by atomic mass is 10.2. The molecule has 0 radical (unpaired) electrons. The van der Waals surface area contributed by atoms with Crippen molar-refractivity contribution in [3.63, 3.8) is 0 Å². The second-order valence-electron chi connectivity index (χ2n) is 7.37. The van der Waals surface area contributed by atoms with Crippen molar-refractivity contribution >= 4 is 40.9 Å². The zero-order valence-electron chi connectivity index (χ0n) is 17.9. The van der Waals surface area contributed by atoms with Crippen LogP contribution in [0.15, 0.2) is 59.9 Å². The van der Waals surface area contributed by atoms with Gasteiger partial charge in [-0.2, -0.15) is 0 Å². The van der Waals surface area contributed by atoms with Gasteiger partial charge in [-0.25, -0.2) is 14.2 Å². The molecular weight excluding hydrogens is 467 g/mol. The average molecular weight is 489 g/mol. The minimum absolute atomic E-state index is 0.171. The Hall–Kier alpha value is -3.04. The van der Waals surface area contributed by atoms with E-state index < -0.39 is 5.97 Å². The van der Waals surface area contributed by atoms with E-state index in [0.717, 1.165) is 5.69 Å². The van der Waals surface area contributed by atoms with Crippen molar-refractivity contribution in [1.82, 2.24) is 14.5 Å². The number of nitrogens with zero attached hydrogens (tertiary/aromatic N) is 4. The summed E-state index contributed by atoms with van der Waals surface area (Å²) >= 11 is 7.41. The maximum absolute atomic E-state index is 13.3. The van der Waals surface area contributed by atoms with Crippen molar-refractivity contribution in [2.24, 2.45) is 0 Å². The second-order valence-corrected chi connectivity index (χ2v) is 8.58. The molecule has 4 rings (SSSR count). The summed E-state index contributed by atoms with van der Waals surface area (Å²) in [6, 6.07) is 13.3. The SMILES string of the molecule is CSc1ncc(C(=O)OCC(=O)N2CCN(c3cccc(Cl)c3)CC2)n1-c1ccc(F)cc1.